The largest absolute Gasteiger partial charge is 0.378 e. The highest BCUT2D eigenvalue weighted by molar-refractivity contribution is 6.04. The van der Waals surface area contributed by atoms with Crippen molar-refractivity contribution in [2.45, 2.75) is 6.92 Å². The van der Waals surface area contributed by atoms with E-state index >= 15 is 0 Å². The first-order valence-electron chi connectivity index (χ1n) is 12.0. The van der Waals surface area contributed by atoms with Crippen LogP contribution in [0.25, 0.3) is 38.8 Å². The van der Waals surface area contributed by atoms with Crippen LogP contribution in [0.2, 0.25) is 0 Å². The number of anilines is 1. The molecule has 0 spiro atoms. The van der Waals surface area contributed by atoms with Crippen molar-refractivity contribution in [1.82, 2.24) is 19.1 Å². The fourth-order valence-corrected chi connectivity index (χ4v) is 5.01. The molecule has 4 heterocycles. The van der Waals surface area contributed by atoms with Crippen molar-refractivity contribution in [3.63, 3.8) is 0 Å². The maximum Gasteiger partial charge on any atom is 0.207 e. The molecule has 0 atom stereocenters. The molecule has 0 amide bonds. The summed E-state index contributed by atoms with van der Waals surface area (Å²) in [5.74, 6) is 0.336. The van der Waals surface area contributed by atoms with Crippen LogP contribution in [-0.4, -0.2) is 45.4 Å². The molecule has 1 fully saturated rings. The Morgan fingerprint density at radius 2 is 1.86 bits per heavy atom. The monoisotopic (exact) mass is 493 g/mol. The van der Waals surface area contributed by atoms with E-state index in [2.05, 4.69) is 16.0 Å². The summed E-state index contributed by atoms with van der Waals surface area (Å²) in [4.78, 5) is 11.5. The number of nitrogens with one attached hydrogen (secondary N) is 1. The van der Waals surface area contributed by atoms with Crippen LogP contribution < -0.4 is 10.5 Å². The Bertz CT molecular complexity index is 1790. The van der Waals surface area contributed by atoms with Crippen LogP contribution in [-0.2, 0) is 11.8 Å². The van der Waals surface area contributed by atoms with Gasteiger partial charge in [-0.25, -0.2) is 9.37 Å². The van der Waals surface area contributed by atoms with E-state index in [0.717, 1.165) is 33.1 Å². The topological polar surface area (TPSA) is 95.8 Å². The van der Waals surface area contributed by atoms with Gasteiger partial charge >= 0.3 is 0 Å². The Kier molecular flexibility index (Phi) is 5.46. The molecule has 1 aliphatic heterocycles. The predicted octanol–water partition coefficient (Wildman–Crippen LogP) is 4.21. The first-order valence-corrected chi connectivity index (χ1v) is 12.0. The minimum Gasteiger partial charge on any atom is -0.378 e. The second-order valence-corrected chi connectivity index (χ2v) is 9.13. The Morgan fingerprint density at radius 1 is 1.08 bits per heavy atom. The molecule has 2 aromatic carbocycles. The number of aryl methyl sites for hydroxylation is 2. The molecule has 1 aliphatic rings. The lowest BCUT2D eigenvalue weighted by atomic mass is 10.0. The summed E-state index contributed by atoms with van der Waals surface area (Å²) in [6.07, 6.45) is 1.75. The van der Waals surface area contributed by atoms with Crippen molar-refractivity contribution in [2.75, 3.05) is 31.2 Å². The highest BCUT2D eigenvalue weighted by atomic mass is 19.1. The Balaban J connectivity index is 1.62. The van der Waals surface area contributed by atoms with Gasteiger partial charge in [-0.1, -0.05) is 18.2 Å². The maximum absolute atomic E-state index is 14.0. The Labute approximate surface area is 212 Å². The predicted molar refractivity (Wildman–Crippen MR) is 139 cm³/mol. The fourth-order valence-electron chi connectivity index (χ4n) is 5.01. The number of imidazole rings is 1. The van der Waals surface area contributed by atoms with Gasteiger partial charge in [-0.05, 0) is 48.4 Å². The SMILES string of the molecule is Cc1nc(N2CCOCC2)c(C#N)cc1-n1c(=N)n(C)c2cnc3ccc(-c4cccc(F)c4)cc3c21. The van der Waals surface area contributed by atoms with Crippen molar-refractivity contribution in [3.8, 4) is 22.9 Å². The molecule has 0 aliphatic carbocycles. The molecule has 0 radical (unpaired) electrons. The third-order valence-electron chi connectivity index (χ3n) is 6.93. The molecule has 0 bridgehead atoms. The molecule has 0 unspecified atom stereocenters. The number of nitrogens with zero attached hydrogens (tertiary/aromatic N) is 6. The van der Waals surface area contributed by atoms with E-state index < -0.39 is 0 Å². The van der Waals surface area contributed by atoms with E-state index in [0.29, 0.717) is 49.1 Å². The van der Waals surface area contributed by atoms with Gasteiger partial charge in [0.05, 0.1) is 52.9 Å². The van der Waals surface area contributed by atoms with E-state index in [1.54, 1.807) is 16.8 Å². The van der Waals surface area contributed by atoms with Crippen LogP contribution in [0.4, 0.5) is 10.2 Å². The van der Waals surface area contributed by atoms with Gasteiger partial charge in [-0.2, -0.15) is 5.26 Å². The smallest absolute Gasteiger partial charge is 0.207 e. The van der Waals surface area contributed by atoms with Crippen molar-refractivity contribution >= 4 is 27.8 Å². The van der Waals surface area contributed by atoms with Crippen molar-refractivity contribution < 1.29 is 9.13 Å². The number of fused-ring (bicyclic) bond motifs is 3. The highest BCUT2D eigenvalue weighted by Crippen LogP contribution is 2.31. The van der Waals surface area contributed by atoms with Crippen LogP contribution in [0, 0.1) is 29.5 Å². The van der Waals surface area contributed by atoms with Crippen LogP contribution in [0.1, 0.15) is 11.3 Å². The number of hydrogen-bond donors (Lipinski definition) is 1. The molecule has 37 heavy (non-hydrogen) atoms. The summed E-state index contributed by atoms with van der Waals surface area (Å²) in [6, 6.07) is 16.4. The van der Waals surface area contributed by atoms with Gasteiger partial charge in [0.15, 0.2) is 0 Å². The second kappa shape index (κ2) is 8.84. The molecule has 8 nitrogen and oxygen atoms in total. The Hall–Kier alpha value is -4.55. The number of ether oxygens (including phenoxy) is 1. The van der Waals surface area contributed by atoms with Gasteiger partial charge < -0.3 is 14.2 Å². The average Bonchev–Trinajstić information content (AvgIpc) is 3.18. The van der Waals surface area contributed by atoms with Crippen LogP contribution in [0.3, 0.4) is 0 Å². The number of aromatic nitrogens is 4. The lowest BCUT2D eigenvalue weighted by molar-refractivity contribution is 0.122. The first kappa shape index (κ1) is 22.9. The molecular formula is C28H24FN7O. The summed E-state index contributed by atoms with van der Waals surface area (Å²) in [7, 11) is 1.82. The number of benzene rings is 2. The van der Waals surface area contributed by atoms with Gasteiger partial charge in [-0.15, -0.1) is 0 Å². The number of nitriles is 1. The van der Waals surface area contributed by atoms with Gasteiger partial charge in [0.1, 0.15) is 17.7 Å². The lowest BCUT2D eigenvalue weighted by Gasteiger charge is -2.29. The number of pyridine rings is 2. The maximum atomic E-state index is 14.0. The summed E-state index contributed by atoms with van der Waals surface area (Å²) >= 11 is 0. The molecule has 1 saturated heterocycles. The average molecular weight is 494 g/mol. The fraction of sp³-hybridized carbons (Fsp3) is 0.214. The van der Waals surface area contributed by atoms with Crippen molar-refractivity contribution in [2.24, 2.45) is 7.05 Å². The van der Waals surface area contributed by atoms with Crippen molar-refractivity contribution in [3.05, 3.63) is 77.4 Å². The van der Waals surface area contributed by atoms with Gasteiger partial charge in [0, 0.05) is 25.5 Å². The minimum atomic E-state index is -0.303. The zero-order valence-corrected chi connectivity index (χ0v) is 20.5. The minimum absolute atomic E-state index is 0.230. The van der Waals surface area contributed by atoms with Gasteiger partial charge in [0.25, 0.3) is 0 Å². The normalized spacial score (nSPS) is 13.8. The van der Waals surface area contributed by atoms with Gasteiger partial charge in [-0.3, -0.25) is 15.0 Å². The van der Waals surface area contributed by atoms with Crippen molar-refractivity contribution in [1.29, 1.82) is 10.7 Å². The van der Waals surface area contributed by atoms with E-state index in [9.17, 15) is 9.65 Å². The Morgan fingerprint density at radius 3 is 2.62 bits per heavy atom. The molecule has 184 valence electrons. The standard InChI is InChI=1S/C28H24FN7O/c1-17-24(14-20(15-30)27(33-17)35-8-10-37-11-9-35)36-26-22-13-19(18-4-3-5-21(29)12-18)6-7-23(22)32-16-25(26)34(2)28(36)31/h3-7,12-14,16,31H,8-11H2,1-2H3. The number of rotatable bonds is 3. The highest BCUT2D eigenvalue weighted by Gasteiger charge is 2.22. The molecule has 0 saturated carbocycles. The van der Waals surface area contributed by atoms with Crippen LogP contribution in [0.5, 0.6) is 0 Å². The zero-order valence-electron chi connectivity index (χ0n) is 20.5. The molecule has 9 heteroatoms. The number of morpholine rings is 1. The summed E-state index contributed by atoms with van der Waals surface area (Å²) < 4.78 is 23.0. The second-order valence-electron chi connectivity index (χ2n) is 9.13. The lowest BCUT2D eigenvalue weighted by Crippen LogP contribution is -2.37. The first-order chi connectivity index (χ1) is 18.0. The molecule has 5 aromatic rings. The van der Waals surface area contributed by atoms with E-state index in [1.165, 1.54) is 12.1 Å². The quantitative estimate of drug-likeness (QED) is 0.406. The molecule has 1 N–H and O–H groups in total. The molecule has 6 rings (SSSR count). The van der Waals surface area contributed by atoms with E-state index in [4.69, 9.17) is 15.1 Å². The summed E-state index contributed by atoms with van der Waals surface area (Å²) in [5, 5.41) is 19.8. The molecular weight excluding hydrogens is 469 g/mol. The van der Waals surface area contributed by atoms with Crippen LogP contribution in [0.15, 0.2) is 54.7 Å². The van der Waals surface area contributed by atoms with E-state index in [-0.39, 0.29) is 11.4 Å². The summed E-state index contributed by atoms with van der Waals surface area (Å²) in [6.45, 7) is 4.42. The number of halogens is 1. The zero-order chi connectivity index (χ0) is 25.7. The van der Waals surface area contributed by atoms with Gasteiger partial charge in [0.2, 0.25) is 5.62 Å². The third-order valence-corrected chi connectivity index (χ3v) is 6.93. The summed E-state index contributed by atoms with van der Waals surface area (Å²) in [5.41, 5.74) is 5.95. The molecule has 3 aromatic heterocycles. The van der Waals surface area contributed by atoms with E-state index in [1.807, 2.05) is 48.9 Å². The number of hydrogen-bond acceptors (Lipinski definition) is 6. The van der Waals surface area contributed by atoms with Crippen LogP contribution >= 0.6 is 0 Å². The third kappa shape index (κ3) is 3.74.